The van der Waals surface area contributed by atoms with Crippen LogP contribution < -0.4 is 16.0 Å². The van der Waals surface area contributed by atoms with Gasteiger partial charge >= 0.3 is 6.03 Å². The predicted molar refractivity (Wildman–Crippen MR) is 95.7 cm³/mol. The van der Waals surface area contributed by atoms with Gasteiger partial charge in [0.1, 0.15) is 11.9 Å². The number of hydrogen-bond acceptors (Lipinski definition) is 3. The molecule has 1 aliphatic rings. The minimum atomic E-state index is -0.502. The average molecular weight is 362 g/mol. The third-order valence-electron chi connectivity index (χ3n) is 4.07. The molecule has 1 aromatic heterocycles. The number of urea groups is 1. The monoisotopic (exact) mass is 361 g/mol. The number of rotatable bonds is 4. The number of carbonyl (C=O) groups excluding carboxylic acids is 2. The molecule has 25 heavy (non-hydrogen) atoms. The van der Waals surface area contributed by atoms with Crippen LogP contribution in [0.4, 0.5) is 10.6 Å². The maximum atomic E-state index is 12.3. The lowest BCUT2D eigenvalue weighted by atomic mass is 10.1. The molecule has 0 saturated carbocycles. The van der Waals surface area contributed by atoms with E-state index in [4.69, 9.17) is 11.6 Å². The van der Waals surface area contributed by atoms with Gasteiger partial charge in [-0.25, -0.2) is 9.48 Å². The number of aryl methyl sites for hydroxylation is 1. The van der Waals surface area contributed by atoms with E-state index in [2.05, 4.69) is 21.0 Å². The Morgan fingerprint density at radius 1 is 1.48 bits per heavy atom. The number of piperidine rings is 1. The van der Waals surface area contributed by atoms with Crippen molar-refractivity contribution in [3.63, 3.8) is 0 Å². The van der Waals surface area contributed by atoms with Crippen molar-refractivity contribution in [1.82, 2.24) is 20.4 Å². The fourth-order valence-electron chi connectivity index (χ4n) is 2.78. The van der Waals surface area contributed by atoms with Gasteiger partial charge in [0.25, 0.3) is 0 Å². The predicted octanol–water partition coefficient (Wildman–Crippen LogP) is 2.29. The lowest BCUT2D eigenvalue weighted by Gasteiger charge is -2.23. The number of benzene rings is 1. The van der Waals surface area contributed by atoms with Crippen LogP contribution in [0, 0.1) is 6.92 Å². The van der Waals surface area contributed by atoms with Gasteiger partial charge in [0, 0.05) is 17.1 Å². The maximum absolute atomic E-state index is 12.3. The molecule has 0 radical (unpaired) electrons. The molecule has 3 rings (SSSR count). The second-order valence-electron chi connectivity index (χ2n) is 6.05. The van der Waals surface area contributed by atoms with Gasteiger partial charge < -0.3 is 10.6 Å². The number of aromatic nitrogens is 2. The largest absolute Gasteiger partial charge is 0.354 e. The summed E-state index contributed by atoms with van der Waals surface area (Å²) < 4.78 is 1.70. The number of nitrogens with zero attached hydrogens (tertiary/aromatic N) is 2. The van der Waals surface area contributed by atoms with Crippen molar-refractivity contribution in [3.8, 4) is 0 Å². The molecule has 132 valence electrons. The third kappa shape index (κ3) is 4.30. The van der Waals surface area contributed by atoms with E-state index in [9.17, 15) is 9.59 Å². The third-order valence-corrected chi connectivity index (χ3v) is 4.30. The Balaban J connectivity index is 1.68. The number of amides is 3. The van der Waals surface area contributed by atoms with Gasteiger partial charge in [-0.2, -0.15) is 5.10 Å². The number of nitrogens with one attached hydrogen (secondary N) is 3. The van der Waals surface area contributed by atoms with Crippen molar-refractivity contribution in [1.29, 1.82) is 0 Å². The molecular formula is C17H20ClN5O2. The summed E-state index contributed by atoms with van der Waals surface area (Å²) >= 11 is 6.02. The maximum Gasteiger partial charge on any atom is 0.321 e. The Kier molecular flexibility index (Phi) is 5.23. The first-order valence-electron chi connectivity index (χ1n) is 8.15. The highest BCUT2D eigenvalue weighted by Gasteiger charge is 2.24. The van der Waals surface area contributed by atoms with E-state index in [1.165, 1.54) is 0 Å². The first-order chi connectivity index (χ1) is 12.0. The van der Waals surface area contributed by atoms with E-state index >= 15 is 0 Å². The molecule has 3 amide bonds. The highest BCUT2D eigenvalue weighted by atomic mass is 35.5. The van der Waals surface area contributed by atoms with E-state index in [0.717, 1.165) is 17.5 Å². The van der Waals surface area contributed by atoms with Crippen molar-refractivity contribution in [2.24, 2.45) is 0 Å². The zero-order valence-corrected chi connectivity index (χ0v) is 14.6. The van der Waals surface area contributed by atoms with Crippen molar-refractivity contribution in [2.75, 3.05) is 11.9 Å². The zero-order chi connectivity index (χ0) is 17.8. The summed E-state index contributed by atoms with van der Waals surface area (Å²) in [6.07, 6.45) is 3.18. The summed E-state index contributed by atoms with van der Waals surface area (Å²) in [4.78, 5) is 24.0. The first kappa shape index (κ1) is 17.3. The SMILES string of the molecule is Cc1cnn(Cc2cccc(Cl)c2)c1NC(=O)N[C@H]1CCCNC1=O. The summed E-state index contributed by atoms with van der Waals surface area (Å²) in [5.74, 6) is 0.444. The number of halogens is 1. The van der Waals surface area contributed by atoms with E-state index < -0.39 is 12.1 Å². The van der Waals surface area contributed by atoms with Gasteiger partial charge in [-0.15, -0.1) is 0 Å². The van der Waals surface area contributed by atoms with E-state index in [1.807, 2.05) is 25.1 Å². The fraction of sp³-hybridized carbons (Fsp3) is 0.353. The van der Waals surface area contributed by atoms with Gasteiger partial charge in [0.15, 0.2) is 0 Å². The summed E-state index contributed by atoms with van der Waals surface area (Å²) in [5, 5.41) is 13.2. The smallest absolute Gasteiger partial charge is 0.321 e. The molecule has 0 unspecified atom stereocenters. The van der Waals surface area contributed by atoms with Crippen LogP contribution in [0.5, 0.6) is 0 Å². The molecule has 0 bridgehead atoms. The zero-order valence-electron chi connectivity index (χ0n) is 13.9. The Morgan fingerprint density at radius 3 is 3.08 bits per heavy atom. The standard InChI is InChI=1S/C17H20ClN5O2/c1-11-9-20-23(10-12-4-2-5-13(18)8-12)15(11)22-17(25)21-14-6-3-7-19-16(14)24/h2,4-5,8-9,14H,3,6-7,10H2,1H3,(H,19,24)(H2,21,22,25)/t14-/m0/s1. The van der Waals surface area contributed by atoms with Crippen LogP contribution in [0.15, 0.2) is 30.5 Å². The average Bonchev–Trinajstić information content (AvgIpc) is 2.90. The van der Waals surface area contributed by atoms with Crippen LogP contribution in [0.1, 0.15) is 24.0 Å². The highest BCUT2D eigenvalue weighted by molar-refractivity contribution is 6.30. The topological polar surface area (TPSA) is 88.1 Å². The van der Waals surface area contributed by atoms with Gasteiger partial charge in [0.05, 0.1) is 12.7 Å². The molecule has 8 heteroatoms. The first-order valence-corrected chi connectivity index (χ1v) is 8.53. The Labute approximate surface area is 150 Å². The molecule has 1 saturated heterocycles. The van der Waals surface area contributed by atoms with Gasteiger partial charge in [0.2, 0.25) is 5.91 Å². The Hall–Kier alpha value is -2.54. The van der Waals surface area contributed by atoms with Crippen molar-refractivity contribution >= 4 is 29.4 Å². The van der Waals surface area contributed by atoms with Crippen LogP contribution in [0.25, 0.3) is 0 Å². The number of anilines is 1. The van der Waals surface area contributed by atoms with Crippen molar-refractivity contribution < 1.29 is 9.59 Å². The van der Waals surface area contributed by atoms with E-state index in [-0.39, 0.29) is 5.91 Å². The second-order valence-corrected chi connectivity index (χ2v) is 6.48. The van der Waals surface area contributed by atoms with E-state index in [0.29, 0.717) is 30.4 Å². The molecular weight excluding hydrogens is 342 g/mol. The molecule has 2 aromatic rings. The minimum absolute atomic E-state index is 0.148. The Morgan fingerprint density at radius 2 is 2.32 bits per heavy atom. The summed E-state index contributed by atoms with van der Waals surface area (Å²) in [6, 6.07) is 6.56. The number of hydrogen-bond donors (Lipinski definition) is 3. The fourth-order valence-corrected chi connectivity index (χ4v) is 2.99. The molecule has 0 aliphatic carbocycles. The van der Waals surface area contributed by atoms with Crippen LogP contribution in [-0.4, -0.2) is 34.3 Å². The van der Waals surface area contributed by atoms with Crippen LogP contribution in [0.3, 0.4) is 0 Å². The molecule has 2 heterocycles. The minimum Gasteiger partial charge on any atom is -0.354 e. The molecule has 1 atom stereocenters. The second kappa shape index (κ2) is 7.57. The van der Waals surface area contributed by atoms with Crippen LogP contribution >= 0.6 is 11.6 Å². The molecule has 1 aliphatic heterocycles. The quantitative estimate of drug-likeness (QED) is 0.780. The van der Waals surface area contributed by atoms with Gasteiger partial charge in [-0.3, -0.25) is 10.1 Å². The lowest BCUT2D eigenvalue weighted by Crippen LogP contribution is -2.51. The summed E-state index contributed by atoms with van der Waals surface area (Å²) in [5.41, 5.74) is 1.82. The van der Waals surface area contributed by atoms with Crippen molar-refractivity contribution in [3.05, 3.63) is 46.6 Å². The van der Waals surface area contributed by atoms with Crippen LogP contribution in [-0.2, 0) is 11.3 Å². The molecule has 0 spiro atoms. The lowest BCUT2D eigenvalue weighted by molar-refractivity contribution is -0.124. The Bertz CT molecular complexity index is 789. The van der Waals surface area contributed by atoms with Gasteiger partial charge in [-0.05, 0) is 37.5 Å². The molecule has 1 aromatic carbocycles. The highest BCUT2D eigenvalue weighted by Crippen LogP contribution is 2.18. The van der Waals surface area contributed by atoms with Crippen molar-refractivity contribution in [2.45, 2.75) is 32.4 Å². The van der Waals surface area contributed by atoms with E-state index in [1.54, 1.807) is 16.9 Å². The van der Waals surface area contributed by atoms with Crippen LogP contribution in [0.2, 0.25) is 5.02 Å². The number of carbonyl (C=O) groups is 2. The summed E-state index contributed by atoms with van der Waals surface area (Å²) in [6.45, 7) is 3.00. The normalized spacial score (nSPS) is 17.0. The summed E-state index contributed by atoms with van der Waals surface area (Å²) in [7, 11) is 0. The van der Waals surface area contributed by atoms with Gasteiger partial charge in [-0.1, -0.05) is 23.7 Å². The molecule has 3 N–H and O–H groups in total. The molecule has 1 fully saturated rings. The molecule has 7 nitrogen and oxygen atoms in total.